The topological polar surface area (TPSA) is 84.3 Å². The van der Waals surface area contributed by atoms with Crippen LogP contribution in [0, 0.1) is 0 Å². The van der Waals surface area contributed by atoms with E-state index < -0.39 is 6.04 Å². The Bertz CT molecular complexity index is 406. The van der Waals surface area contributed by atoms with Gasteiger partial charge in [-0.3, -0.25) is 14.9 Å². The average Bonchev–Trinajstić information content (AvgIpc) is 2.59. The van der Waals surface area contributed by atoms with E-state index in [0.717, 1.165) is 0 Å². The number of hydrogen-bond donors (Lipinski definition) is 2. The van der Waals surface area contributed by atoms with Crippen molar-refractivity contribution in [2.24, 2.45) is 0 Å². The standard InChI is InChI=1S/C8H10N2O4/c1-13-8(12)5-2-4-6(3-9-5)14-10-7(4)11/h5,9H,2-3H2,1H3,(H,10,11). The van der Waals surface area contributed by atoms with Crippen molar-refractivity contribution in [3.8, 4) is 0 Å². The summed E-state index contributed by atoms with van der Waals surface area (Å²) in [5, 5.41) is 5.15. The van der Waals surface area contributed by atoms with Crippen LogP contribution >= 0.6 is 0 Å². The zero-order chi connectivity index (χ0) is 10.1. The van der Waals surface area contributed by atoms with Gasteiger partial charge < -0.3 is 9.26 Å². The van der Waals surface area contributed by atoms with Gasteiger partial charge in [0.2, 0.25) is 0 Å². The van der Waals surface area contributed by atoms with Crippen LogP contribution in [0.5, 0.6) is 0 Å². The lowest BCUT2D eigenvalue weighted by Gasteiger charge is -2.19. The van der Waals surface area contributed by atoms with Gasteiger partial charge in [-0.1, -0.05) is 0 Å². The lowest BCUT2D eigenvalue weighted by molar-refractivity contribution is -0.143. The van der Waals surface area contributed by atoms with Crippen molar-refractivity contribution in [3.05, 3.63) is 21.7 Å². The zero-order valence-electron chi connectivity index (χ0n) is 7.62. The predicted molar refractivity (Wildman–Crippen MR) is 45.7 cm³/mol. The fourth-order valence-electron chi connectivity index (χ4n) is 1.51. The molecule has 76 valence electrons. The first-order valence-electron chi connectivity index (χ1n) is 4.23. The molecular weight excluding hydrogens is 188 g/mol. The number of fused-ring (bicyclic) bond motifs is 1. The quantitative estimate of drug-likeness (QED) is 0.574. The molecule has 0 aliphatic carbocycles. The molecule has 0 amide bonds. The summed E-state index contributed by atoms with van der Waals surface area (Å²) < 4.78 is 9.47. The molecule has 2 rings (SSSR count). The van der Waals surface area contributed by atoms with Gasteiger partial charge in [-0.25, -0.2) is 0 Å². The van der Waals surface area contributed by atoms with Gasteiger partial charge in [-0.15, -0.1) is 0 Å². The van der Waals surface area contributed by atoms with Gasteiger partial charge in [0.05, 0.1) is 19.2 Å². The first kappa shape index (κ1) is 9.01. The van der Waals surface area contributed by atoms with Gasteiger partial charge in [-0.05, 0) is 0 Å². The summed E-state index contributed by atoms with van der Waals surface area (Å²) in [4.78, 5) is 22.4. The number of H-pyrrole nitrogens is 1. The molecule has 1 aliphatic rings. The van der Waals surface area contributed by atoms with Gasteiger partial charge >= 0.3 is 5.97 Å². The average molecular weight is 198 g/mol. The third-order valence-corrected chi connectivity index (χ3v) is 2.28. The molecule has 0 radical (unpaired) electrons. The number of nitrogens with one attached hydrogen (secondary N) is 2. The zero-order valence-corrected chi connectivity index (χ0v) is 7.62. The van der Waals surface area contributed by atoms with Crippen LogP contribution in [-0.2, 0) is 22.5 Å². The van der Waals surface area contributed by atoms with Gasteiger partial charge in [0.15, 0.2) is 5.76 Å². The molecule has 2 N–H and O–H groups in total. The van der Waals surface area contributed by atoms with Crippen LogP contribution in [-0.4, -0.2) is 24.3 Å². The summed E-state index contributed by atoms with van der Waals surface area (Å²) in [6, 6.07) is -0.453. The second-order valence-electron chi connectivity index (χ2n) is 3.10. The second kappa shape index (κ2) is 3.30. The normalized spacial score (nSPS) is 20.2. The highest BCUT2D eigenvalue weighted by atomic mass is 16.5. The lowest BCUT2D eigenvalue weighted by atomic mass is 10.0. The van der Waals surface area contributed by atoms with Crippen LogP contribution in [0.1, 0.15) is 11.3 Å². The van der Waals surface area contributed by atoms with Gasteiger partial charge in [0.1, 0.15) is 6.04 Å². The largest absolute Gasteiger partial charge is 0.468 e. The molecule has 1 aromatic heterocycles. The van der Waals surface area contributed by atoms with E-state index in [9.17, 15) is 9.59 Å². The monoisotopic (exact) mass is 198 g/mol. The van der Waals surface area contributed by atoms with Crippen molar-refractivity contribution >= 4 is 5.97 Å². The van der Waals surface area contributed by atoms with E-state index in [0.29, 0.717) is 24.3 Å². The van der Waals surface area contributed by atoms with Crippen molar-refractivity contribution in [1.82, 2.24) is 10.5 Å². The number of carbonyl (C=O) groups excluding carboxylic acids is 1. The van der Waals surface area contributed by atoms with Crippen molar-refractivity contribution in [3.63, 3.8) is 0 Å². The van der Waals surface area contributed by atoms with Gasteiger partial charge in [0.25, 0.3) is 5.56 Å². The van der Waals surface area contributed by atoms with E-state index in [1.165, 1.54) is 7.11 Å². The summed E-state index contributed by atoms with van der Waals surface area (Å²) in [6.45, 7) is 0.369. The summed E-state index contributed by atoms with van der Waals surface area (Å²) in [6.07, 6.45) is 0.313. The van der Waals surface area contributed by atoms with Crippen LogP contribution in [0.25, 0.3) is 0 Å². The van der Waals surface area contributed by atoms with Crippen LogP contribution in [0.4, 0.5) is 0 Å². The Morgan fingerprint density at radius 1 is 1.64 bits per heavy atom. The highest BCUT2D eigenvalue weighted by Gasteiger charge is 2.28. The molecule has 1 atom stereocenters. The van der Waals surface area contributed by atoms with Crippen molar-refractivity contribution < 1.29 is 14.1 Å². The smallest absolute Gasteiger partial charge is 0.323 e. The Morgan fingerprint density at radius 2 is 2.43 bits per heavy atom. The number of aromatic amines is 1. The highest BCUT2D eigenvalue weighted by Crippen LogP contribution is 2.12. The molecule has 1 aromatic rings. The molecule has 6 nitrogen and oxygen atoms in total. The van der Waals surface area contributed by atoms with Gasteiger partial charge in [-0.2, -0.15) is 5.16 Å². The molecule has 0 spiro atoms. The number of rotatable bonds is 1. The van der Waals surface area contributed by atoms with Crippen LogP contribution in [0.3, 0.4) is 0 Å². The molecule has 0 saturated heterocycles. The van der Waals surface area contributed by atoms with Crippen LogP contribution in [0.2, 0.25) is 0 Å². The summed E-state index contributed by atoms with van der Waals surface area (Å²) >= 11 is 0. The number of hydrogen-bond acceptors (Lipinski definition) is 5. The van der Waals surface area contributed by atoms with E-state index in [2.05, 4.69) is 15.2 Å². The summed E-state index contributed by atoms with van der Waals surface area (Å²) in [7, 11) is 1.32. The number of ether oxygens (including phenoxy) is 1. The Balaban J connectivity index is 2.24. The molecule has 1 aliphatic heterocycles. The van der Waals surface area contributed by atoms with Crippen LogP contribution < -0.4 is 10.9 Å². The number of carbonyl (C=O) groups is 1. The molecule has 0 fully saturated rings. The molecule has 0 bridgehead atoms. The minimum absolute atomic E-state index is 0.268. The van der Waals surface area contributed by atoms with E-state index in [1.807, 2.05) is 0 Å². The molecule has 2 heterocycles. The SMILES string of the molecule is COC(=O)C1Cc2c(o[nH]c2=O)CN1. The Labute approximate surface area is 79.2 Å². The molecule has 1 unspecified atom stereocenters. The Kier molecular flexibility index (Phi) is 2.12. The van der Waals surface area contributed by atoms with Crippen molar-refractivity contribution in [2.45, 2.75) is 19.0 Å². The maximum absolute atomic E-state index is 11.2. The molecule has 14 heavy (non-hydrogen) atoms. The predicted octanol–water partition coefficient (Wildman–Crippen LogP) is -0.845. The fraction of sp³-hybridized carbons (Fsp3) is 0.500. The van der Waals surface area contributed by atoms with E-state index in [4.69, 9.17) is 4.52 Å². The highest BCUT2D eigenvalue weighted by molar-refractivity contribution is 5.76. The molecule has 6 heteroatoms. The Morgan fingerprint density at radius 3 is 3.14 bits per heavy atom. The maximum atomic E-state index is 11.2. The van der Waals surface area contributed by atoms with Crippen molar-refractivity contribution in [2.75, 3.05) is 7.11 Å². The minimum atomic E-state index is -0.453. The number of aromatic nitrogens is 1. The first-order valence-corrected chi connectivity index (χ1v) is 4.23. The Hall–Kier alpha value is -1.56. The maximum Gasteiger partial charge on any atom is 0.323 e. The summed E-state index contributed by atoms with van der Waals surface area (Å²) in [5.41, 5.74) is 0.259. The first-order chi connectivity index (χ1) is 6.72. The second-order valence-corrected chi connectivity index (χ2v) is 3.10. The molecule has 0 saturated carbocycles. The molecular formula is C8H10N2O4. The molecule has 0 aromatic carbocycles. The third-order valence-electron chi connectivity index (χ3n) is 2.28. The van der Waals surface area contributed by atoms with E-state index in [-0.39, 0.29) is 11.5 Å². The lowest BCUT2D eigenvalue weighted by Crippen LogP contribution is -2.43. The van der Waals surface area contributed by atoms with E-state index >= 15 is 0 Å². The number of esters is 1. The summed E-state index contributed by atoms with van der Waals surface area (Å²) in [5.74, 6) is 0.200. The fourth-order valence-corrected chi connectivity index (χ4v) is 1.51. The van der Waals surface area contributed by atoms with Crippen LogP contribution in [0.15, 0.2) is 9.32 Å². The van der Waals surface area contributed by atoms with Crippen molar-refractivity contribution in [1.29, 1.82) is 0 Å². The third kappa shape index (κ3) is 1.33. The van der Waals surface area contributed by atoms with E-state index in [1.54, 1.807) is 0 Å². The minimum Gasteiger partial charge on any atom is -0.468 e. The van der Waals surface area contributed by atoms with Gasteiger partial charge in [0, 0.05) is 6.42 Å². The number of methoxy groups -OCH3 is 1.